The van der Waals surface area contributed by atoms with E-state index in [1.807, 2.05) is 0 Å². The zero-order valence-electron chi connectivity index (χ0n) is 8.38. The largest absolute Gasteiger partial charge is 0.268 e. The van der Waals surface area contributed by atoms with Crippen molar-refractivity contribution in [3.63, 3.8) is 0 Å². The topological polar surface area (TPSA) is 54.5 Å². The fraction of sp³-hybridized carbons (Fsp3) is 0.300. The molecule has 80 valence electrons. The van der Waals surface area contributed by atoms with E-state index in [4.69, 9.17) is 7.85 Å². The molecule has 1 aliphatic carbocycles. The van der Waals surface area contributed by atoms with E-state index in [9.17, 15) is 13.2 Å². The van der Waals surface area contributed by atoms with E-state index in [1.165, 1.54) is 6.07 Å². The van der Waals surface area contributed by atoms with Crippen LogP contribution in [-0.2, 0) is 10.0 Å². The van der Waals surface area contributed by atoms with Crippen LogP contribution < -0.4 is 5.46 Å². The zero-order chi connectivity index (χ0) is 11.5. The first-order valence-electron chi connectivity index (χ1n) is 5.01. The highest BCUT2D eigenvalue weighted by molar-refractivity contribution is 7.90. The van der Waals surface area contributed by atoms with Crippen LogP contribution in [0.2, 0.25) is 0 Å². The van der Waals surface area contributed by atoms with Gasteiger partial charge in [0.15, 0.2) is 0 Å². The van der Waals surface area contributed by atoms with E-state index in [-0.39, 0.29) is 22.0 Å². The van der Waals surface area contributed by atoms with Crippen molar-refractivity contribution < 1.29 is 13.2 Å². The Bertz CT molecular complexity index is 592. The number of fused-ring (bicyclic) bond motifs is 1. The van der Waals surface area contributed by atoms with Crippen molar-refractivity contribution in [2.75, 3.05) is 0 Å². The Morgan fingerprint density at radius 1 is 1.31 bits per heavy atom. The monoisotopic (exact) mass is 233 g/mol. The molecule has 0 unspecified atom stereocenters. The third kappa shape index (κ3) is 1.10. The molecule has 1 aliphatic heterocycles. The third-order valence-electron chi connectivity index (χ3n) is 2.89. The minimum atomic E-state index is -3.65. The molecular weight excluding hydrogens is 225 g/mol. The summed E-state index contributed by atoms with van der Waals surface area (Å²) in [6.07, 6.45) is 1.50. The standard InChI is InChI=1S/C10H8BNO3S/c11-7-2-1-3-8-9(7)10(13)12(6-4-5-6)16(8,14)15/h1-3,6H,4-5H2. The molecule has 1 heterocycles. The first kappa shape index (κ1) is 9.90. The van der Waals surface area contributed by atoms with Crippen LogP contribution in [0.25, 0.3) is 0 Å². The van der Waals surface area contributed by atoms with E-state index in [0.29, 0.717) is 0 Å². The summed E-state index contributed by atoms with van der Waals surface area (Å²) in [5, 5.41) is 0. The van der Waals surface area contributed by atoms with Gasteiger partial charge in [0.2, 0.25) is 0 Å². The molecule has 1 amide bonds. The van der Waals surface area contributed by atoms with Crippen molar-refractivity contribution >= 4 is 29.2 Å². The molecular formula is C10H8BNO3S. The summed E-state index contributed by atoms with van der Waals surface area (Å²) in [6.45, 7) is 0. The molecule has 0 bridgehead atoms. The minimum absolute atomic E-state index is 0.0457. The van der Waals surface area contributed by atoms with Gasteiger partial charge in [-0.3, -0.25) is 4.79 Å². The number of carbonyl (C=O) groups excluding carboxylic acids is 1. The van der Waals surface area contributed by atoms with Crippen molar-refractivity contribution in [1.82, 2.24) is 4.31 Å². The summed E-state index contributed by atoms with van der Waals surface area (Å²) in [5.74, 6) is -0.476. The lowest BCUT2D eigenvalue weighted by atomic mass is 9.90. The Morgan fingerprint density at radius 2 is 2.00 bits per heavy atom. The van der Waals surface area contributed by atoms with Gasteiger partial charge < -0.3 is 0 Å². The van der Waals surface area contributed by atoms with Gasteiger partial charge in [-0.15, -0.1) is 0 Å². The molecule has 0 aromatic heterocycles. The summed E-state index contributed by atoms with van der Waals surface area (Å²) >= 11 is 0. The Morgan fingerprint density at radius 3 is 2.56 bits per heavy atom. The average molecular weight is 233 g/mol. The maximum Gasteiger partial charge on any atom is 0.268 e. The highest BCUT2D eigenvalue weighted by atomic mass is 32.2. The zero-order valence-corrected chi connectivity index (χ0v) is 9.20. The molecule has 2 radical (unpaired) electrons. The summed E-state index contributed by atoms with van der Waals surface area (Å²) in [7, 11) is 2.00. The Hall–Kier alpha value is -1.30. The molecule has 3 rings (SSSR count). The summed E-state index contributed by atoms with van der Waals surface area (Å²) in [5.41, 5.74) is 0.364. The van der Waals surface area contributed by atoms with Crippen LogP contribution in [0.5, 0.6) is 0 Å². The molecule has 16 heavy (non-hydrogen) atoms. The molecule has 4 nitrogen and oxygen atoms in total. The van der Waals surface area contributed by atoms with Gasteiger partial charge in [-0.05, 0) is 18.9 Å². The van der Waals surface area contributed by atoms with Crippen LogP contribution in [0.3, 0.4) is 0 Å². The molecule has 0 N–H and O–H groups in total. The molecule has 1 aromatic rings. The molecule has 0 saturated heterocycles. The maximum atomic E-state index is 12.1. The van der Waals surface area contributed by atoms with E-state index in [2.05, 4.69) is 0 Å². The van der Waals surface area contributed by atoms with Crippen LogP contribution in [0.1, 0.15) is 23.2 Å². The normalized spacial score (nSPS) is 22.2. The third-order valence-corrected chi connectivity index (χ3v) is 4.77. The van der Waals surface area contributed by atoms with Crippen LogP contribution in [-0.4, -0.2) is 32.5 Å². The van der Waals surface area contributed by atoms with Crippen molar-refractivity contribution in [3.8, 4) is 0 Å². The molecule has 1 saturated carbocycles. The number of carbonyl (C=O) groups is 1. The van der Waals surface area contributed by atoms with E-state index in [0.717, 1.165) is 17.1 Å². The van der Waals surface area contributed by atoms with Crippen molar-refractivity contribution in [2.45, 2.75) is 23.8 Å². The summed E-state index contributed by atoms with van der Waals surface area (Å²) in [6, 6.07) is 4.36. The van der Waals surface area contributed by atoms with Crippen molar-refractivity contribution in [1.29, 1.82) is 0 Å². The smallest absolute Gasteiger partial charge is 0.268 e. The molecule has 1 fully saturated rings. The average Bonchev–Trinajstić information content (AvgIpc) is 2.98. The first-order chi connectivity index (χ1) is 7.53. The van der Waals surface area contributed by atoms with Crippen LogP contribution in [0.15, 0.2) is 23.1 Å². The van der Waals surface area contributed by atoms with Gasteiger partial charge in [0.1, 0.15) is 7.85 Å². The van der Waals surface area contributed by atoms with E-state index in [1.54, 1.807) is 12.1 Å². The van der Waals surface area contributed by atoms with Gasteiger partial charge in [0.25, 0.3) is 15.9 Å². The Balaban J connectivity index is 2.29. The predicted octanol–water partition coefficient (Wildman–Crippen LogP) is -0.213. The van der Waals surface area contributed by atoms with Crippen LogP contribution >= 0.6 is 0 Å². The number of hydrogen-bond donors (Lipinski definition) is 0. The lowest BCUT2D eigenvalue weighted by molar-refractivity contribution is 0.0866. The number of sulfonamides is 1. The Labute approximate surface area is 94.7 Å². The van der Waals surface area contributed by atoms with Crippen LogP contribution in [0, 0.1) is 0 Å². The van der Waals surface area contributed by atoms with Crippen LogP contribution in [0.4, 0.5) is 0 Å². The Kier molecular flexibility index (Phi) is 1.78. The number of benzene rings is 1. The number of hydrogen-bond acceptors (Lipinski definition) is 3. The van der Waals surface area contributed by atoms with E-state index < -0.39 is 15.9 Å². The second-order valence-electron chi connectivity index (χ2n) is 4.06. The van der Waals surface area contributed by atoms with Gasteiger partial charge in [0, 0.05) is 6.04 Å². The summed E-state index contributed by atoms with van der Waals surface area (Å²) in [4.78, 5) is 12.0. The summed E-state index contributed by atoms with van der Waals surface area (Å²) < 4.78 is 25.1. The first-order valence-corrected chi connectivity index (χ1v) is 6.45. The second kappa shape index (κ2) is 2.88. The molecule has 0 spiro atoms. The van der Waals surface area contributed by atoms with Gasteiger partial charge >= 0.3 is 0 Å². The fourth-order valence-electron chi connectivity index (χ4n) is 1.99. The minimum Gasteiger partial charge on any atom is -0.268 e. The second-order valence-corrected chi connectivity index (χ2v) is 5.84. The molecule has 1 aromatic carbocycles. The molecule has 2 aliphatic rings. The number of amides is 1. The van der Waals surface area contributed by atoms with Gasteiger partial charge in [-0.25, -0.2) is 12.7 Å². The quantitative estimate of drug-likeness (QED) is 0.630. The van der Waals surface area contributed by atoms with Crippen molar-refractivity contribution in [3.05, 3.63) is 23.8 Å². The SMILES string of the molecule is [B]c1cccc2c1C(=O)N(C1CC1)S2(=O)=O. The van der Waals surface area contributed by atoms with Gasteiger partial charge in [0.05, 0.1) is 10.5 Å². The lowest BCUT2D eigenvalue weighted by Crippen LogP contribution is -2.32. The maximum absolute atomic E-state index is 12.1. The predicted molar refractivity (Wildman–Crippen MR) is 58.2 cm³/mol. The van der Waals surface area contributed by atoms with E-state index >= 15 is 0 Å². The molecule has 6 heteroatoms. The highest BCUT2D eigenvalue weighted by Gasteiger charge is 2.48. The van der Waals surface area contributed by atoms with Gasteiger partial charge in [-0.2, -0.15) is 0 Å². The molecule has 0 atom stereocenters. The van der Waals surface area contributed by atoms with Crippen molar-refractivity contribution in [2.24, 2.45) is 0 Å². The van der Waals surface area contributed by atoms with Gasteiger partial charge in [-0.1, -0.05) is 17.6 Å². The number of rotatable bonds is 1. The number of nitrogens with zero attached hydrogens (tertiary/aromatic N) is 1. The fourth-order valence-corrected chi connectivity index (χ4v) is 3.83. The lowest BCUT2D eigenvalue weighted by Gasteiger charge is -2.13. The highest BCUT2D eigenvalue weighted by Crippen LogP contribution is 2.38.